The van der Waals surface area contributed by atoms with E-state index >= 15 is 0 Å². The van der Waals surface area contributed by atoms with Crippen molar-refractivity contribution in [3.05, 3.63) is 82.6 Å². The van der Waals surface area contributed by atoms with Gasteiger partial charge >= 0.3 is 12.2 Å². The van der Waals surface area contributed by atoms with E-state index in [-0.39, 0.29) is 36.1 Å². The summed E-state index contributed by atoms with van der Waals surface area (Å²) in [7, 11) is 0. The molecule has 0 bridgehead atoms. The zero-order valence-corrected chi connectivity index (χ0v) is 22.2. The molecule has 0 radical (unpaired) electrons. The van der Waals surface area contributed by atoms with Gasteiger partial charge in [-0.15, -0.1) is 0 Å². The number of hydrogen-bond acceptors (Lipinski definition) is 3. The third-order valence-corrected chi connectivity index (χ3v) is 7.07. The first-order valence-corrected chi connectivity index (χ1v) is 13.1. The number of carbonyl (C=O) groups is 3. The fraction of sp³-hybridized carbons (Fsp3) is 0.414. The number of hydrogen-bond donors (Lipinski definition) is 2. The molecule has 0 saturated carbocycles. The van der Waals surface area contributed by atoms with Crippen LogP contribution in [0.5, 0.6) is 0 Å². The first-order valence-electron chi connectivity index (χ1n) is 13.1. The highest BCUT2D eigenvalue weighted by Crippen LogP contribution is 2.42. The van der Waals surface area contributed by atoms with Gasteiger partial charge in [-0.05, 0) is 42.9 Å². The Morgan fingerprint density at radius 3 is 2.38 bits per heavy atom. The number of nitrogens with one attached hydrogen (secondary N) is 2. The number of alkyl halides is 3. The number of benzene rings is 2. The molecule has 4 rings (SSSR count). The summed E-state index contributed by atoms with van der Waals surface area (Å²) in [6.07, 6.45) is -3.70. The van der Waals surface area contributed by atoms with Gasteiger partial charge in [0.05, 0.1) is 29.4 Å². The number of carbonyl (C=O) groups excluding carboxylic acids is 3. The lowest BCUT2D eigenvalue weighted by molar-refractivity contribution is -0.139. The average Bonchev–Trinajstić information content (AvgIpc) is 3.23. The molecule has 0 aliphatic carbocycles. The van der Waals surface area contributed by atoms with Gasteiger partial charge in [0.25, 0.3) is 5.91 Å². The van der Waals surface area contributed by atoms with E-state index in [0.29, 0.717) is 25.1 Å². The molecule has 10 heteroatoms. The zero-order chi connectivity index (χ0) is 28.3. The highest BCUT2D eigenvalue weighted by Gasteiger charge is 2.48. The van der Waals surface area contributed by atoms with Gasteiger partial charge in [0.2, 0.25) is 5.91 Å². The van der Waals surface area contributed by atoms with E-state index < -0.39 is 35.8 Å². The van der Waals surface area contributed by atoms with Crippen molar-refractivity contribution in [3.63, 3.8) is 0 Å². The Morgan fingerprint density at radius 2 is 1.74 bits per heavy atom. The summed E-state index contributed by atoms with van der Waals surface area (Å²) in [4.78, 5) is 43.0. The summed E-state index contributed by atoms with van der Waals surface area (Å²) in [5.74, 6) is -0.819. The molecule has 2 aliphatic heterocycles. The van der Waals surface area contributed by atoms with E-state index in [1.807, 2.05) is 44.2 Å². The van der Waals surface area contributed by atoms with Crippen LogP contribution in [0.4, 0.5) is 18.0 Å². The van der Waals surface area contributed by atoms with Crippen molar-refractivity contribution in [2.45, 2.75) is 51.9 Å². The van der Waals surface area contributed by atoms with Gasteiger partial charge < -0.3 is 15.5 Å². The minimum absolute atomic E-state index is 0.0381. The lowest BCUT2D eigenvalue weighted by atomic mass is 9.91. The second-order valence-corrected chi connectivity index (χ2v) is 10.2. The van der Waals surface area contributed by atoms with Crippen molar-refractivity contribution in [2.24, 2.45) is 5.92 Å². The second-order valence-electron chi connectivity index (χ2n) is 10.2. The van der Waals surface area contributed by atoms with Crippen molar-refractivity contribution in [1.82, 2.24) is 20.4 Å². The fourth-order valence-electron chi connectivity index (χ4n) is 5.25. The van der Waals surface area contributed by atoms with Crippen LogP contribution in [0.2, 0.25) is 0 Å². The maximum Gasteiger partial charge on any atom is 0.416 e. The highest BCUT2D eigenvalue weighted by molar-refractivity contribution is 6.03. The standard InChI is InChI=1S/C29H33F3N4O3/c1-4-35-23-17-36(22(16-18(2)3)26(37)33-15-14-19-10-6-5-7-11-19)27(38)24(23)25(34-28(35)39)20-12-8-9-13-21(20)29(30,31)32/h5-13,18,22,25H,4,14-17H2,1-3H3,(H,33,37)(H,34,39). The van der Waals surface area contributed by atoms with Crippen LogP contribution in [0.25, 0.3) is 0 Å². The quantitative estimate of drug-likeness (QED) is 0.484. The Kier molecular flexibility index (Phi) is 8.32. The van der Waals surface area contributed by atoms with E-state index in [1.165, 1.54) is 28.0 Å². The molecule has 2 heterocycles. The Balaban J connectivity index is 1.64. The van der Waals surface area contributed by atoms with E-state index in [4.69, 9.17) is 0 Å². The summed E-state index contributed by atoms with van der Waals surface area (Å²) < 4.78 is 41.7. The molecule has 2 aromatic rings. The van der Waals surface area contributed by atoms with Crippen LogP contribution in [0, 0.1) is 5.92 Å². The van der Waals surface area contributed by atoms with Crippen LogP contribution < -0.4 is 10.6 Å². The molecule has 0 fully saturated rings. The molecule has 39 heavy (non-hydrogen) atoms. The molecule has 2 unspecified atom stereocenters. The van der Waals surface area contributed by atoms with Crippen LogP contribution in [0.3, 0.4) is 0 Å². The third-order valence-electron chi connectivity index (χ3n) is 7.07. The third kappa shape index (κ3) is 5.94. The Labute approximate surface area is 226 Å². The zero-order valence-electron chi connectivity index (χ0n) is 22.2. The lowest BCUT2D eigenvalue weighted by Crippen LogP contribution is -2.49. The summed E-state index contributed by atoms with van der Waals surface area (Å²) in [6, 6.07) is 11.9. The second kappa shape index (κ2) is 11.5. The van der Waals surface area contributed by atoms with Crippen LogP contribution in [-0.4, -0.2) is 53.3 Å². The van der Waals surface area contributed by atoms with Gasteiger partial charge in [0.1, 0.15) is 6.04 Å². The molecule has 208 valence electrons. The van der Waals surface area contributed by atoms with Gasteiger partial charge in [-0.25, -0.2) is 4.79 Å². The first kappa shape index (κ1) is 28.2. The number of urea groups is 1. The number of nitrogens with zero attached hydrogens (tertiary/aromatic N) is 2. The van der Waals surface area contributed by atoms with Crippen molar-refractivity contribution in [3.8, 4) is 0 Å². The molecule has 0 spiro atoms. The fourth-order valence-corrected chi connectivity index (χ4v) is 5.25. The predicted octanol–water partition coefficient (Wildman–Crippen LogP) is 4.66. The Hall–Kier alpha value is -3.82. The van der Waals surface area contributed by atoms with Gasteiger partial charge in [0.15, 0.2) is 0 Å². The Morgan fingerprint density at radius 1 is 1.08 bits per heavy atom. The average molecular weight is 543 g/mol. The predicted molar refractivity (Wildman–Crippen MR) is 140 cm³/mol. The molecule has 0 aromatic heterocycles. The van der Waals surface area contributed by atoms with Crippen molar-refractivity contribution >= 4 is 17.8 Å². The maximum atomic E-state index is 13.9. The molecule has 7 nitrogen and oxygen atoms in total. The monoisotopic (exact) mass is 542 g/mol. The highest BCUT2D eigenvalue weighted by atomic mass is 19.4. The molecule has 2 atom stereocenters. The van der Waals surface area contributed by atoms with Gasteiger partial charge in [-0.1, -0.05) is 62.4 Å². The van der Waals surface area contributed by atoms with E-state index in [0.717, 1.165) is 11.6 Å². The van der Waals surface area contributed by atoms with Crippen LogP contribution in [0.15, 0.2) is 65.9 Å². The van der Waals surface area contributed by atoms with Gasteiger partial charge in [-0.3, -0.25) is 14.5 Å². The normalized spacial score (nSPS) is 18.4. The number of likely N-dealkylation sites (N-methyl/N-ethyl adjacent to an activating group) is 1. The number of rotatable bonds is 9. The van der Waals surface area contributed by atoms with Crippen LogP contribution >= 0.6 is 0 Å². The molecular weight excluding hydrogens is 509 g/mol. The van der Waals surface area contributed by atoms with Crippen molar-refractivity contribution in [1.29, 1.82) is 0 Å². The van der Waals surface area contributed by atoms with E-state index in [9.17, 15) is 27.6 Å². The SMILES string of the molecule is CCN1C(=O)NC(c2ccccc2C(F)(F)F)C2=C1CN(C(CC(C)C)C(=O)NCCc1ccccc1)C2=O. The minimum atomic E-state index is -4.68. The summed E-state index contributed by atoms with van der Waals surface area (Å²) in [5.41, 5.74) is 0.334. The van der Waals surface area contributed by atoms with Crippen LogP contribution in [0.1, 0.15) is 49.9 Å². The summed E-state index contributed by atoms with van der Waals surface area (Å²) >= 11 is 0. The van der Waals surface area contributed by atoms with Crippen LogP contribution in [-0.2, 0) is 22.2 Å². The molecule has 2 aliphatic rings. The van der Waals surface area contributed by atoms with Crippen molar-refractivity contribution < 1.29 is 27.6 Å². The number of halogens is 3. The molecular formula is C29H33F3N4O3. The lowest BCUT2D eigenvalue weighted by Gasteiger charge is -2.33. The van der Waals surface area contributed by atoms with E-state index in [1.54, 1.807) is 6.92 Å². The smallest absolute Gasteiger partial charge is 0.354 e. The largest absolute Gasteiger partial charge is 0.416 e. The van der Waals surface area contributed by atoms with E-state index in [2.05, 4.69) is 10.6 Å². The van der Waals surface area contributed by atoms with Gasteiger partial charge in [0, 0.05) is 13.1 Å². The summed E-state index contributed by atoms with van der Waals surface area (Å²) in [6.45, 7) is 6.15. The van der Waals surface area contributed by atoms with Crippen molar-refractivity contribution in [2.75, 3.05) is 19.6 Å². The molecule has 4 amide bonds. The Bertz CT molecular complexity index is 1260. The minimum Gasteiger partial charge on any atom is -0.354 e. The molecule has 2 N–H and O–H groups in total. The number of amides is 4. The molecule has 2 aromatic carbocycles. The summed E-state index contributed by atoms with van der Waals surface area (Å²) in [5, 5.41) is 5.54. The van der Waals surface area contributed by atoms with Gasteiger partial charge in [-0.2, -0.15) is 13.2 Å². The maximum absolute atomic E-state index is 13.9. The molecule has 0 saturated heterocycles. The first-order chi connectivity index (χ1) is 18.5. The topological polar surface area (TPSA) is 81.8 Å².